The van der Waals surface area contributed by atoms with E-state index in [0.29, 0.717) is 9.20 Å². The molecular formula is C26H23N3O3S. The van der Waals surface area contributed by atoms with Gasteiger partial charge in [-0.2, -0.15) is 5.26 Å². The van der Waals surface area contributed by atoms with Crippen molar-refractivity contribution in [3.05, 3.63) is 95.9 Å². The number of aromatic nitrogens is 1. The van der Waals surface area contributed by atoms with Gasteiger partial charge < -0.3 is 10.5 Å². The number of rotatable bonds is 4. The average molecular weight is 458 g/mol. The van der Waals surface area contributed by atoms with E-state index in [0.717, 1.165) is 22.3 Å². The number of thiazole rings is 1. The highest BCUT2D eigenvalue weighted by Gasteiger charge is 2.36. The Morgan fingerprint density at radius 3 is 2.55 bits per heavy atom. The summed E-state index contributed by atoms with van der Waals surface area (Å²) in [6.07, 6.45) is 1.77. The fourth-order valence-electron chi connectivity index (χ4n) is 4.05. The molecule has 2 aromatic carbocycles. The number of hydrogen-bond donors (Lipinski definition) is 1. The Morgan fingerprint density at radius 1 is 1.21 bits per heavy atom. The molecule has 2 N–H and O–H groups in total. The van der Waals surface area contributed by atoms with Gasteiger partial charge in [-0.1, -0.05) is 59.7 Å². The summed E-state index contributed by atoms with van der Waals surface area (Å²) in [4.78, 5) is 26.5. The molecular weight excluding hydrogens is 434 g/mol. The topological polar surface area (TPSA) is 98.1 Å². The Kier molecular flexibility index (Phi) is 6.03. The van der Waals surface area contributed by atoms with Crippen molar-refractivity contribution in [2.24, 2.45) is 5.73 Å². The standard InChI is InChI=1S/C26H23N3O3S/c1-4-32-26(31)22-21(18-10-6-8-16(3)12-18)19(14-27)23(28)29-24(30)20(33-25(22)29)13-17-9-5-7-15(2)11-17/h5-13,21H,4,28H2,1-3H3/b20-13-/t21-/m0/s1. The second kappa shape index (κ2) is 8.93. The first-order valence-corrected chi connectivity index (χ1v) is 11.4. The molecule has 1 aromatic heterocycles. The summed E-state index contributed by atoms with van der Waals surface area (Å²) < 4.78 is 7.44. The van der Waals surface area contributed by atoms with Crippen LogP contribution in [0, 0.1) is 25.2 Å². The van der Waals surface area contributed by atoms with Gasteiger partial charge in [-0.25, -0.2) is 4.79 Å². The van der Waals surface area contributed by atoms with Crippen LogP contribution in [0.2, 0.25) is 0 Å². The molecule has 1 aliphatic heterocycles. The molecule has 0 amide bonds. The molecule has 0 saturated heterocycles. The number of carbonyl (C=O) groups is 1. The highest BCUT2D eigenvalue weighted by Crippen LogP contribution is 2.36. The van der Waals surface area contributed by atoms with E-state index in [-0.39, 0.29) is 29.1 Å². The Morgan fingerprint density at radius 2 is 1.91 bits per heavy atom. The largest absolute Gasteiger partial charge is 0.463 e. The number of esters is 1. The molecule has 2 heterocycles. The quantitative estimate of drug-likeness (QED) is 0.607. The van der Waals surface area contributed by atoms with Crippen molar-refractivity contribution in [3.8, 4) is 6.07 Å². The maximum absolute atomic E-state index is 13.4. The van der Waals surface area contributed by atoms with Crippen LogP contribution in [-0.2, 0) is 9.53 Å². The van der Waals surface area contributed by atoms with Gasteiger partial charge in [0.1, 0.15) is 10.5 Å². The number of ether oxygens (including phenoxy) is 1. The lowest BCUT2D eigenvalue weighted by molar-refractivity contribution is -0.136. The van der Waals surface area contributed by atoms with Crippen LogP contribution < -0.4 is 20.5 Å². The van der Waals surface area contributed by atoms with Crippen LogP contribution in [0.5, 0.6) is 0 Å². The summed E-state index contributed by atoms with van der Waals surface area (Å²) in [5, 5.41) is 10.0. The lowest BCUT2D eigenvalue weighted by Gasteiger charge is -2.25. The second-order valence-electron chi connectivity index (χ2n) is 7.86. The first kappa shape index (κ1) is 22.3. The summed E-state index contributed by atoms with van der Waals surface area (Å²) in [5.74, 6) is -1.25. The van der Waals surface area contributed by atoms with Crippen LogP contribution in [-0.4, -0.2) is 17.1 Å². The van der Waals surface area contributed by atoms with E-state index in [2.05, 4.69) is 6.07 Å². The number of nitrogens with zero attached hydrogens (tertiary/aromatic N) is 2. The Hall–Kier alpha value is -3.89. The minimum absolute atomic E-state index is 0.0391. The number of allylic oxidation sites excluding steroid dienone is 1. The Bertz CT molecular complexity index is 1520. The van der Waals surface area contributed by atoms with Crippen LogP contribution in [0.1, 0.15) is 35.1 Å². The van der Waals surface area contributed by atoms with E-state index in [9.17, 15) is 14.9 Å². The van der Waals surface area contributed by atoms with E-state index >= 15 is 0 Å². The number of aryl methyl sites for hydroxylation is 2. The number of fused-ring (bicyclic) bond motifs is 1. The van der Waals surface area contributed by atoms with Crippen molar-refractivity contribution in [2.45, 2.75) is 26.7 Å². The first-order valence-electron chi connectivity index (χ1n) is 10.5. The molecule has 0 radical (unpaired) electrons. The molecule has 4 rings (SSSR count). The molecule has 1 aliphatic rings. The predicted octanol–water partition coefficient (Wildman–Crippen LogP) is 2.52. The van der Waals surface area contributed by atoms with E-state index in [1.165, 1.54) is 15.9 Å². The van der Waals surface area contributed by atoms with Gasteiger partial charge in [0.05, 0.1) is 34.3 Å². The Labute approximate surface area is 195 Å². The number of nitrogens with two attached hydrogens (primary N) is 1. The second-order valence-corrected chi connectivity index (χ2v) is 8.89. The van der Waals surface area contributed by atoms with Gasteiger partial charge in [0.25, 0.3) is 5.56 Å². The van der Waals surface area contributed by atoms with Crippen molar-refractivity contribution in [3.63, 3.8) is 0 Å². The zero-order valence-electron chi connectivity index (χ0n) is 18.6. The van der Waals surface area contributed by atoms with Gasteiger partial charge in [-0.05, 0) is 38.0 Å². The number of carbonyl (C=O) groups excluding carboxylic acids is 1. The minimum atomic E-state index is -0.723. The molecule has 1 atom stereocenters. The molecule has 0 spiro atoms. The van der Waals surface area contributed by atoms with Gasteiger partial charge in [0, 0.05) is 0 Å². The fraction of sp³-hybridized carbons (Fsp3) is 0.192. The van der Waals surface area contributed by atoms with Gasteiger partial charge in [0.2, 0.25) is 0 Å². The van der Waals surface area contributed by atoms with Gasteiger partial charge in [-0.3, -0.25) is 9.36 Å². The van der Waals surface area contributed by atoms with E-state index in [1.807, 2.05) is 62.4 Å². The number of nitriles is 1. The highest BCUT2D eigenvalue weighted by molar-refractivity contribution is 7.07. The SMILES string of the molecule is CCOC(=O)C1=c2s/c(=C\c3cccc(C)c3)c(=O)n2C(N)=C(C#N)[C@@H]1c1cccc(C)c1. The van der Waals surface area contributed by atoms with Crippen molar-refractivity contribution in [1.29, 1.82) is 5.26 Å². The van der Waals surface area contributed by atoms with Crippen LogP contribution in [0.3, 0.4) is 0 Å². The van der Waals surface area contributed by atoms with Crippen molar-refractivity contribution in [1.82, 2.24) is 4.57 Å². The summed E-state index contributed by atoms with van der Waals surface area (Å²) in [7, 11) is 0. The molecule has 0 saturated carbocycles. The maximum atomic E-state index is 13.4. The molecule has 33 heavy (non-hydrogen) atoms. The smallest absolute Gasteiger partial charge is 0.338 e. The summed E-state index contributed by atoms with van der Waals surface area (Å²) >= 11 is 1.18. The lowest BCUT2D eigenvalue weighted by atomic mass is 9.83. The fourth-order valence-corrected chi connectivity index (χ4v) is 5.21. The average Bonchev–Trinajstić information content (AvgIpc) is 3.09. The van der Waals surface area contributed by atoms with Crippen LogP contribution in [0.4, 0.5) is 0 Å². The van der Waals surface area contributed by atoms with Crippen LogP contribution >= 0.6 is 11.3 Å². The zero-order valence-corrected chi connectivity index (χ0v) is 19.4. The first-order chi connectivity index (χ1) is 15.8. The summed E-state index contributed by atoms with van der Waals surface area (Å²) in [6.45, 7) is 5.80. The third-order valence-corrected chi connectivity index (χ3v) is 6.59. The summed E-state index contributed by atoms with van der Waals surface area (Å²) in [6, 6.07) is 17.5. The molecule has 0 bridgehead atoms. The monoisotopic (exact) mass is 457 g/mol. The van der Waals surface area contributed by atoms with Crippen LogP contribution in [0.15, 0.2) is 58.9 Å². The molecule has 0 aliphatic carbocycles. The molecule has 166 valence electrons. The van der Waals surface area contributed by atoms with Gasteiger partial charge in [-0.15, -0.1) is 11.3 Å². The third-order valence-electron chi connectivity index (χ3n) is 5.48. The lowest BCUT2D eigenvalue weighted by Crippen LogP contribution is -2.40. The Balaban J connectivity index is 2.10. The molecule has 0 fully saturated rings. The third kappa shape index (κ3) is 4.01. The van der Waals surface area contributed by atoms with E-state index in [1.54, 1.807) is 13.0 Å². The summed E-state index contributed by atoms with van der Waals surface area (Å²) in [5.41, 5.74) is 10.1. The maximum Gasteiger partial charge on any atom is 0.338 e. The van der Waals surface area contributed by atoms with Gasteiger partial charge in [0.15, 0.2) is 0 Å². The van der Waals surface area contributed by atoms with Crippen molar-refractivity contribution < 1.29 is 9.53 Å². The molecule has 3 aromatic rings. The van der Waals surface area contributed by atoms with Gasteiger partial charge >= 0.3 is 5.97 Å². The molecule has 7 heteroatoms. The van der Waals surface area contributed by atoms with E-state index in [4.69, 9.17) is 10.5 Å². The number of benzene rings is 2. The molecule has 6 nitrogen and oxygen atoms in total. The predicted molar refractivity (Wildman–Crippen MR) is 130 cm³/mol. The highest BCUT2D eigenvalue weighted by atomic mass is 32.1. The minimum Gasteiger partial charge on any atom is -0.463 e. The van der Waals surface area contributed by atoms with Crippen LogP contribution in [0.25, 0.3) is 17.5 Å². The van der Waals surface area contributed by atoms with E-state index < -0.39 is 11.9 Å². The normalized spacial score (nSPS) is 15.9. The van der Waals surface area contributed by atoms with Crippen molar-refractivity contribution >= 4 is 34.8 Å². The number of hydrogen-bond acceptors (Lipinski definition) is 6. The molecule has 0 unspecified atom stereocenters. The zero-order chi connectivity index (χ0) is 23.7. The van der Waals surface area contributed by atoms with Crippen molar-refractivity contribution in [2.75, 3.05) is 6.61 Å².